The van der Waals surface area contributed by atoms with Crippen LogP contribution < -0.4 is 0 Å². The van der Waals surface area contributed by atoms with Crippen molar-refractivity contribution in [3.05, 3.63) is 40.9 Å². The van der Waals surface area contributed by atoms with Crippen molar-refractivity contribution in [3.63, 3.8) is 0 Å². The van der Waals surface area contributed by atoms with Crippen molar-refractivity contribution in [2.24, 2.45) is 0 Å². The summed E-state index contributed by atoms with van der Waals surface area (Å²) in [4.78, 5) is 16.1. The number of hydrogen-bond acceptors (Lipinski definition) is 4. The van der Waals surface area contributed by atoms with E-state index in [1.165, 1.54) is 0 Å². The van der Waals surface area contributed by atoms with Gasteiger partial charge in [0.15, 0.2) is 0 Å². The summed E-state index contributed by atoms with van der Waals surface area (Å²) in [5, 5.41) is 0.939. The van der Waals surface area contributed by atoms with Crippen LogP contribution in [0.1, 0.15) is 10.6 Å². The van der Waals surface area contributed by atoms with E-state index in [0.717, 1.165) is 27.4 Å². The number of nitrogens with zero attached hydrogens (tertiary/aromatic N) is 1. The molecule has 0 amide bonds. The summed E-state index contributed by atoms with van der Waals surface area (Å²) >= 11 is 1.55. The minimum absolute atomic E-state index is 0.406. The van der Waals surface area contributed by atoms with Crippen LogP contribution in [0, 0.1) is 0 Å². The summed E-state index contributed by atoms with van der Waals surface area (Å²) in [7, 11) is 1.63. The lowest BCUT2D eigenvalue weighted by Crippen LogP contribution is -1.93. The Bertz CT molecular complexity index is 493. The van der Waals surface area contributed by atoms with Crippen molar-refractivity contribution in [2.45, 2.75) is 13.0 Å². The number of carbonyl (C=O) groups excluding carboxylic acids is 1. The molecule has 0 radical (unpaired) electrons. The van der Waals surface area contributed by atoms with E-state index in [4.69, 9.17) is 4.74 Å². The first-order valence-corrected chi connectivity index (χ1v) is 6.13. The van der Waals surface area contributed by atoms with Gasteiger partial charge in [-0.1, -0.05) is 30.3 Å². The number of aldehydes is 1. The molecule has 0 aliphatic carbocycles. The minimum Gasteiger partial charge on any atom is -0.378 e. The zero-order valence-corrected chi connectivity index (χ0v) is 10.4. The number of methoxy groups -OCH3 is 1. The maximum absolute atomic E-state index is 10.6. The lowest BCUT2D eigenvalue weighted by atomic mass is 10.2. The van der Waals surface area contributed by atoms with Crippen LogP contribution in [-0.4, -0.2) is 18.4 Å². The number of rotatable bonds is 5. The van der Waals surface area contributed by atoms with Crippen molar-refractivity contribution < 1.29 is 9.53 Å². The first-order chi connectivity index (χ1) is 8.35. The van der Waals surface area contributed by atoms with E-state index in [-0.39, 0.29) is 0 Å². The molecule has 1 aromatic carbocycles. The van der Waals surface area contributed by atoms with Crippen molar-refractivity contribution in [1.29, 1.82) is 0 Å². The quantitative estimate of drug-likeness (QED) is 0.763. The second-order valence-electron chi connectivity index (χ2n) is 3.56. The smallest absolute Gasteiger partial charge is 0.125 e. The summed E-state index contributed by atoms with van der Waals surface area (Å²) in [6.07, 6.45) is 1.31. The molecule has 2 aromatic rings. The van der Waals surface area contributed by atoms with Gasteiger partial charge in [0.1, 0.15) is 11.3 Å². The maximum Gasteiger partial charge on any atom is 0.125 e. The average molecular weight is 247 g/mol. The molecule has 0 saturated carbocycles. The molecule has 0 atom stereocenters. The molecule has 0 fully saturated rings. The number of ether oxygens (including phenoxy) is 1. The molecule has 17 heavy (non-hydrogen) atoms. The Morgan fingerprint density at radius 1 is 1.35 bits per heavy atom. The van der Waals surface area contributed by atoms with Gasteiger partial charge >= 0.3 is 0 Å². The van der Waals surface area contributed by atoms with Crippen LogP contribution in [0.4, 0.5) is 0 Å². The number of aromatic nitrogens is 1. The standard InChI is InChI=1S/C13H13NO2S/c1-16-9-11-12(7-8-15)17-13(14-11)10-5-3-2-4-6-10/h2-6,8H,7,9H2,1H3. The van der Waals surface area contributed by atoms with Crippen LogP contribution in [-0.2, 0) is 22.6 Å². The third-order valence-electron chi connectivity index (χ3n) is 2.35. The normalized spacial score (nSPS) is 10.4. The van der Waals surface area contributed by atoms with Crippen LogP contribution in [0.3, 0.4) is 0 Å². The number of carbonyl (C=O) groups is 1. The van der Waals surface area contributed by atoms with E-state index in [0.29, 0.717) is 13.0 Å². The van der Waals surface area contributed by atoms with E-state index < -0.39 is 0 Å². The second-order valence-corrected chi connectivity index (χ2v) is 4.64. The van der Waals surface area contributed by atoms with Crippen LogP contribution in [0.2, 0.25) is 0 Å². The number of benzene rings is 1. The van der Waals surface area contributed by atoms with Gasteiger partial charge in [-0.2, -0.15) is 0 Å². The van der Waals surface area contributed by atoms with Gasteiger partial charge in [-0.25, -0.2) is 4.98 Å². The first kappa shape index (κ1) is 12.0. The fraction of sp³-hybridized carbons (Fsp3) is 0.231. The monoisotopic (exact) mass is 247 g/mol. The largest absolute Gasteiger partial charge is 0.378 e. The highest BCUT2D eigenvalue weighted by Gasteiger charge is 2.11. The summed E-state index contributed by atoms with van der Waals surface area (Å²) < 4.78 is 5.09. The number of hydrogen-bond donors (Lipinski definition) is 0. The first-order valence-electron chi connectivity index (χ1n) is 5.31. The molecular weight excluding hydrogens is 234 g/mol. The molecule has 0 saturated heterocycles. The Balaban J connectivity index is 2.36. The Kier molecular flexibility index (Phi) is 4.01. The molecule has 0 unspecified atom stereocenters. The lowest BCUT2D eigenvalue weighted by molar-refractivity contribution is -0.107. The molecule has 0 aliphatic heterocycles. The summed E-state index contributed by atoms with van der Waals surface area (Å²) in [6.45, 7) is 0.451. The molecule has 0 aliphatic rings. The third-order valence-corrected chi connectivity index (χ3v) is 3.52. The van der Waals surface area contributed by atoms with Crippen LogP contribution in [0.5, 0.6) is 0 Å². The van der Waals surface area contributed by atoms with E-state index in [2.05, 4.69) is 4.98 Å². The topological polar surface area (TPSA) is 39.2 Å². The Hall–Kier alpha value is -1.52. The SMILES string of the molecule is COCc1nc(-c2ccccc2)sc1CC=O. The van der Waals surface area contributed by atoms with Crippen molar-refractivity contribution in [3.8, 4) is 10.6 Å². The van der Waals surface area contributed by atoms with Gasteiger partial charge in [0, 0.05) is 24.0 Å². The molecule has 1 aromatic heterocycles. The molecule has 4 heteroatoms. The molecule has 0 N–H and O–H groups in total. The molecule has 0 bridgehead atoms. The molecule has 0 spiro atoms. The van der Waals surface area contributed by atoms with Gasteiger partial charge in [0.2, 0.25) is 0 Å². The van der Waals surface area contributed by atoms with Crippen molar-refractivity contribution in [2.75, 3.05) is 7.11 Å². The summed E-state index contributed by atoms with van der Waals surface area (Å²) in [6, 6.07) is 9.96. The van der Waals surface area contributed by atoms with Gasteiger partial charge < -0.3 is 9.53 Å². The van der Waals surface area contributed by atoms with E-state index in [9.17, 15) is 4.79 Å². The fourth-order valence-electron chi connectivity index (χ4n) is 1.57. The zero-order chi connectivity index (χ0) is 12.1. The predicted molar refractivity (Wildman–Crippen MR) is 68.0 cm³/mol. The predicted octanol–water partition coefficient (Wildman–Crippen LogP) is 2.70. The van der Waals surface area contributed by atoms with E-state index in [1.54, 1.807) is 18.4 Å². The zero-order valence-electron chi connectivity index (χ0n) is 9.55. The average Bonchev–Trinajstić information content (AvgIpc) is 2.75. The maximum atomic E-state index is 10.6. The van der Waals surface area contributed by atoms with Crippen molar-refractivity contribution in [1.82, 2.24) is 4.98 Å². The Labute approximate surface area is 104 Å². The fourth-order valence-corrected chi connectivity index (χ4v) is 2.59. The van der Waals surface area contributed by atoms with E-state index in [1.807, 2.05) is 30.3 Å². The highest BCUT2D eigenvalue weighted by molar-refractivity contribution is 7.15. The lowest BCUT2D eigenvalue weighted by Gasteiger charge is -1.95. The van der Waals surface area contributed by atoms with Gasteiger partial charge in [-0.3, -0.25) is 0 Å². The van der Waals surface area contributed by atoms with Crippen LogP contribution in [0.25, 0.3) is 10.6 Å². The van der Waals surface area contributed by atoms with Gasteiger partial charge in [0.05, 0.1) is 12.3 Å². The highest BCUT2D eigenvalue weighted by atomic mass is 32.1. The van der Waals surface area contributed by atoms with Crippen LogP contribution >= 0.6 is 11.3 Å². The van der Waals surface area contributed by atoms with E-state index >= 15 is 0 Å². The molecular formula is C13H13NO2S. The Morgan fingerprint density at radius 2 is 2.12 bits per heavy atom. The molecule has 88 valence electrons. The summed E-state index contributed by atoms with van der Waals surface area (Å²) in [5.41, 5.74) is 1.94. The minimum atomic E-state index is 0.406. The molecule has 3 nitrogen and oxygen atoms in total. The van der Waals surface area contributed by atoms with Crippen LogP contribution in [0.15, 0.2) is 30.3 Å². The summed E-state index contributed by atoms with van der Waals surface area (Å²) in [5.74, 6) is 0. The third kappa shape index (κ3) is 2.78. The van der Waals surface area contributed by atoms with Gasteiger partial charge in [0.25, 0.3) is 0 Å². The van der Waals surface area contributed by atoms with Gasteiger partial charge in [-0.05, 0) is 0 Å². The molecule has 1 heterocycles. The number of thiazole rings is 1. The second kappa shape index (κ2) is 5.70. The van der Waals surface area contributed by atoms with Crippen molar-refractivity contribution >= 4 is 17.6 Å². The van der Waals surface area contributed by atoms with Gasteiger partial charge in [-0.15, -0.1) is 11.3 Å². The highest BCUT2D eigenvalue weighted by Crippen LogP contribution is 2.28. The Morgan fingerprint density at radius 3 is 2.76 bits per heavy atom. The molecule has 2 rings (SSSR count).